The minimum Gasteiger partial charge on any atom is -0.490 e. The second-order valence-electron chi connectivity index (χ2n) is 6.20. The summed E-state index contributed by atoms with van der Waals surface area (Å²) in [7, 11) is 0. The van der Waals surface area contributed by atoms with Crippen molar-refractivity contribution in [2.75, 3.05) is 26.4 Å². The maximum absolute atomic E-state index is 11.0. The molecular weight excluding hydrogens is 338 g/mol. The second-order valence-corrected chi connectivity index (χ2v) is 6.20. The third kappa shape index (κ3) is 3.47. The van der Waals surface area contributed by atoms with Gasteiger partial charge in [-0.05, 0) is 12.5 Å². The van der Waals surface area contributed by atoms with Crippen LogP contribution in [0.3, 0.4) is 0 Å². The average Bonchev–Trinajstić information content (AvgIpc) is 3.15. The fourth-order valence-corrected chi connectivity index (χ4v) is 3.02. The van der Waals surface area contributed by atoms with E-state index in [1.54, 1.807) is 6.07 Å². The second kappa shape index (κ2) is 7.27. The van der Waals surface area contributed by atoms with Gasteiger partial charge in [-0.2, -0.15) is 10.2 Å². The van der Waals surface area contributed by atoms with Gasteiger partial charge in [-0.15, -0.1) is 0 Å². The summed E-state index contributed by atoms with van der Waals surface area (Å²) in [6.07, 6.45) is 1.08. The lowest BCUT2D eigenvalue weighted by Crippen LogP contribution is -2.53. The van der Waals surface area contributed by atoms with Crippen LogP contribution in [-0.4, -0.2) is 58.7 Å². The number of hydrogen-bond acceptors (Lipinski definition) is 6. The van der Waals surface area contributed by atoms with E-state index >= 15 is 0 Å². The van der Waals surface area contributed by atoms with Crippen molar-refractivity contribution in [1.29, 1.82) is 0 Å². The molecule has 1 N–H and O–H groups in total. The molecule has 0 radical (unpaired) electrons. The topological polar surface area (TPSA) is 94.0 Å². The van der Waals surface area contributed by atoms with Crippen LogP contribution in [0.5, 0.6) is 5.75 Å². The summed E-state index contributed by atoms with van der Waals surface area (Å²) in [6.45, 7) is 2.04. The Bertz CT molecular complexity index is 794. The highest BCUT2D eigenvalue weighted by molar-refractivity contribution is 5.66. The van der Waals surface area contributed by atoms with E-state index in [0.717, 1.165) is 17.5 Å². The van der Waals surface area contributed by atoms with Gasteiger partial charge in [-0.25, -0.2) is 4.79 Å². The first-order valence-corrected chi connectivity index (χ1v) is 8.49. The summed E-state index contributed by atoms with van der Waals surface area (Å²) in [5, 5.41) is 17.2. The normalized spacial score (nSPS) is 20.0. The van der Waals surface area contributed by atoms with Crippen molar-refractivity contribution in [3.8, 4) is 17.0 Å². The first-order valence-electron chi connectivity index (χ1n) is 8.49. The molecule has 0 saturated carbocycles. The van der Waals surface area contributed by atoms with Gasteiger partial charge in [0.25, 0.3) is 0 Å². The Labute approximate surface area is 150 Å². The van der Waals surface area contributed by atoms with Crippen LogP contribution in [0.15, 0.2) is 36.5 Å². The van der Waals surface area contributed by atoms with E-state index in [9.17, 15) is 4.79 Å². The van der Waals surface area contributed by atoms with E-state index in [-0.39, 0.29) is 12.3 Å². The van der Waals surface area contributed by atoms with Crippen molar-refractivity contribution in [2.24, 2.45) is 0 Å². The minimum absolute atomic E-state index is 0.107. The number of carboxylic acid groups (broad SMARTS) is 1. The predicted octanol–water partition coefficient (Wildman–Crippen LogP) is 2.32. The molecule has 0 unspecified atom stereocenters. The Kier molecular flexibility index (Phi) is 4.68. The molecular formula is C18H19N3O5. The Morgan fingerprint density at radius 1 is 1.31 bits per heavy atom. The quantitative estimate of drug-likeness (QED) is 0.877. The number of hydrogen-bond donors (Lipinski definition) is 1. The minimum atomic E-state index is -0.911. The van der Waals surface area contributed by atoms with Crippen molar-refractivity contribution < 1.29 is 24.1 Å². The molecule has 2 saturated heterocycles. The van der Waals surface area contributed by atoms with Gasteiger partial charge in [0.15, 0.2) is 6.29 Å². The first-order chi connectivity index (χ1) is 12.7. The van der Waals surface area contributed by atoms with Gasteiger partial charge in [-0.3, -0.25) is 0 Å². The van der Waals surface area contributed by atoms with Crippen LogP contribution in [0.1, 0.15) is 18.3 Å². The van der Waals surface area contributed by atoms with Gasteiger partial charge in [0.2, 0.25) is 0 Å². The van der Waals surface area contributed by atoms with Crippen molar-refractivity contribution >= 4 is 6.09 Å². The molecule has 0 bridgehead atoms. The lowest BCUT2D eigenvalue weighted by atomic mass is 10.1. The van der Waals surface area contributed by atoms with Crippen molar-refractivity contribution in [3.05, 3.63) is 42.1 Å². The molecule has 136 valence electrons. The Morgan fingerprint density at radius 2 is 2.15 bits per heavy atom. The van der Waals surface area contributed by atoms with E-state index in [1.807, 2.05) is 24.3 Å². The van der Waals surface area contributed by atoms with Gasteiger partial charge < -0.3 is 24.2 Å². The lowest BCUT2D eigenvalue weighted by molar-refractivity contribution is -0.0440. The lowest BCUT2D eigenvalue weighted by Gasteiger charge is -2.38. The standard InChI is InChI=1S/C18H19N3O5/c22-18(23)21-5-4-14(21)11-26-15-9-16(20-19-10-15)12-2-1-3-13(8-12)17-24-6-7-25-17/h1-3,8-10,14,17H,4-7,11H2,(H,22,23)/t14-/m0/s1. The highest BCUT2D eigenvalue weighted by Crippen LogP contribution is 2.28. The van der Waals surface area contributed by atoms with Gasteiger partial charge >= 0.3 is 6.09 Å². The fraction of sp³-hybridized carbons (Fsp3) is 0.389. The highest BCUT2D eigenvalue weighted by Gasteiger charge is 2.32. The molecule has 1 amide bonds. The third-order valence-electron chi connectivity index (χ3n) is 4.54. The molecule has 2 aliphatic heterocycles. The first kappa shape index (κ1) is 16.7. The number of ether oxygens (including phenoxy) is 3. The summed E-state index contributed by atoms with van der Waals surface area (Å²) >= 11 is 0. The number of aromatic nitrogens is 2. The molecule has 2 aromatic rings. The summed E-state index contributed by atoms with van der Waals surface area (Å²) in [4.78, 5) is 12.4. The van der Waals surface area contributed by atoms with E-state index in [4.69, 9.17) is 19.3 Å². The third-order valence-corrected chi connectivity index (χ3v) is 4.54. The molecule has 8 heteroatoms. The Morgan fingerprint density at radius 3 is 2.88 bits per heavy atom. The zero-order valence-electron chi connectivity index (χ0n) is 14.1. The Hall–Kier alpha value is -2.71. The van der Waals surface area contributed by atoms with E-state index in [0.29, 0.717) is 37.8 Å². The molecule has 1 aromatic heterocycles. The van der Waals surface area contributed by atoms with Gasteiger partial charge in [0, 0.05) is 23.7 Å². The summed E-state index contributed by atoms with van der Waals surface area (Å²) in [5.74, 6) is 0.561. The average molecular weight is 357 g/mol. The Balaban J connectivity index is 1.45. The maximum atomic E-state index is 11.0. The maximum Gasteiger partial charge on any atom is 0.407 e. The highest BCUT2D eigenvalue weighted by atomic mass is 16.7. The number of likely N-dealkylation sites (tertiary alicyclic amines) is 1. The predicted molar refractivity (Wildman–Crippen MR) is 90.7 cm³/mol. The van der Waals surface area contributed by atoms with Gasteiger partial charge in [0.05, 0.1) is 31.1 Å². The SMILES string of the molecule is O=C(O)N1CC[C@H]1COc1cnnc(-c2cccc(C3OCCO3)c2)c1. The summed E-state index contributed by atoms with van der Waals surface area (Å²) < 4.78 is 16.8. The van der Waals surface area contributed by atoms with Crippen LogP contribution in [0, 0.1) is 0 Å². The van der Waals surface area contributed by atoms with Crippen LogP contribution in [0.2, 0.25) is 0 Å². The van der Waals surface area contributed by atoms with Crippen molar-refractivity contribution in [2.45, 2.75) is 18.8 Å². The largest absolute Gasteiger partial charge is 0.490 e. The van der Waals surface area contributed by atoms with E-state index in [1.165, 1.54) is 11.1 Å². The number of amides is 1. The molecule has 26 heavy (non-hydrogen) atoms. The van der Waals surface area contributed by atoms with E-state index in [2.05, 4.69) is 10.2 Å². The monoisotopic (exact) mass is 357 g/mol. The zero-order valence-corrected chi connectivity index (χ0v) is 14.1. The molecule has 3 heterocycles. The van der Waals surface area contributed by atoms with Crippen LogP contribution in [0.25, 0.3) is 11.3 Å². The van der Waals surface area contributed by atoms with Crippen LogP contribution in [0.4, 0.5) is 4.79 Å². The molecule has 1 atom stereocenters. The molecule has 0 aliphatic carbocycles. The van der Waals surface area contributed by atoms with Gasteiger partial charge in [0.1, 0.15) is 12.4 Å². The smallest absolute Gasteiger partial charge is 0.407 e. The van der Waals surface area contributed by atoms with Crippen LogP contribution >= 0.6 is 0 Å². The fourth-order valence-electron chi connectivity index (χ4n) is 3.02. The molecule has 4 rings (SSSR count). The molecule has 2 aliphatic rings. The molecule has 8 nitrogen and oxygen atoms in total. The van der Waals surface area contributed by atoms with Crippen LogP contribution < -0.4 is 4.74 Å². The number of benzene rings is 1. The number of rotatable bonds is 5. The van der Waals surface area contributed by atoms with E-state index < -0.39 is 6.09 Å². The molecule has 2 fully saturated rings. The van der Waals surface area contributed by atoms with Gasteiger partial charge in [-0.1, -0.05) is 18.2 Å². The number of nitrogens with zero attached hydrogens (tertiary/aromatic N) is 3. The summed E-state index contributed by atoms with van der Waals surface area (Å²) in [6, 6.07) is 9.46. The van der Waals surface area contributed by atoms with Crippen LogP contribution in [-0.2, 0) is 9.47 Å². The summed E-state index contributed by atoms with van der Waals surface area (Å²) in [5.41, 5.74) is 2.49. The van der Waals surface area contributed by atoms with Crippen molar-refractivity contribution in [3.63, 3.8) is 0 Å². The molecule has 1 aromatic carbocycles. The zero-order chi connectivity index (χ0) is 17.9. The van der Waals surface area contributed by atoms with Crippen molar-refractivity contribution in [1.82, 2.24) is 15.1 Å². The molecule has 0 spiro atoms. The number of carbonyl (C=O) groups is 1.